The second-order valence-corrected chi connectivity index (χ2v) is 9.87. The number of urea groups is 1. The van der Waals surface area contributed by atoms with Gasteiger partial charge in [-0.2, -0.15) is 0 Å². The lowest BCUT2D eigenvalue weighted by molar-refractivity contribution is 0.213. The molecule has 0 bridgehead atoms. The van der Waals surface area contributed by atoms with E-state index < -0.39 is 0 Å². The van der Waals surface area contributed by atoms with E-state index in [2.05, 4.69) is 34.7 Å². The highest BCUT2D eigenvalue weighted by Gasteiger charge is 2.23. The number of nitrogens with zero attached hydrogens (tertiary/aromatic N) is 2. The fourth-order valence-corrected chi connectivity index (χ4v) is 5.97. The van der Waals surface area contributed by atoms with Crippen molar-refractivity contribution < 1.29 is 4.79 Å². The lowest BCUT2D eigenvalue weighted by Gasteiger charge is -2.31. The van der Waals surface area contributed by atoms with Crippen molar-refractivity contribution in [1.29, 1.82) is 0 Å². The number of likely N-dealkylation sites (tertiary alicyclic amines) is 1. The van der Waals surface area contributed by atoms with Crippen molar-refractivity contribution in [1.82, 2.24) is 4.90 Å². The molecule has 1 aliphatic heterocycles. The Morgan fingerprint density at radius 3 is 2.24 bits per heavy atom. The molecule has 5 rings (SSSR count). The Morgan fingerprint density at radius 2 is 1.62 bits per heavy atom. The van der Waals surface area contributed by atoms with E-state index in [1.807, 2.05) is 78.1 Å². The average Bonchev–Trinajstić information content (AvgIpc) is 3.29. The Kier molecular flexibility index (Phi) is 6.93. The van der Waals surface area contributed by atoms with Crippen LogP contribution in [0.5, 0.6) is 0 Å². The Morgan fingerprint density at radius 1 is 0.971 bits per heavy atom. The minimum Gasteiger partial charge on any atom is -0.307 e. The molecule has 4 aromatic rings. The fraction of sp³-hybridized carbons (Fsp3) is 0.276. The monoisotopic (exact) mass is 469 g/mol. The summed E-state index contributed by atoms with van der Waals surface area (Å²) < 4.78 is 1.28. The molecule has 0 atom stereocenters. The van der Waals surface area contributed by atoms with Gasteiger partial charge in [-0.25, -0.2) is 4.79 Å². The van der Waals surface area contributed by atoms with E-state index >= 15 is 0 Å². The number of carbonyl (C=O) groups excluding carboxylic acids is 1. The van der Waals surface area contributed by atoms with Crippen LogP contribution in [0.3, 0.4) is 0 Å². The normalized spacial score (nSPS) is 14.9. The van der Waals surface area contributed by atoms with E-state index in [-0.39, 0.29) is 6.03 Å². The topological polar surface area (TPSA) is 35.6 Å². The number of nitrogens with one attached hydrogen (secondary N) is 1. The summed E-state index contributed by atoms with van der Waals surface area (Å²) in [5.41, 5.74) is 3.94. The maximum atomic E-state index is 13.5. The zero-order valence-corrected chi connectivity index (χ0v) is 20.4. The van der Waals surface area contributed by atoms with Crippen LogP contribution in [-0.2, 0) is 0 Å². The van der Waals surface area contributed by atoms with Crippen molar-refractivity contribution in [3.8, 4) is 0 Å². The quantitative estimate of drug-likeness (QED) is 0.312. The molecule has 2 heterocycles. The van der Waals surface area contributed by atoms with Gasteiger partial charge >= 0.3 is 6.03 Å². The van der Waals surface area contributed by atoms with Gasteiger partial charge in [0.05, 0.1) is 11.4 Å². The van der Waals surface area contributed by atoms with Gasteiger partial charge < -0.3 is 10.2 Å². The molecular formula is C29H31N3OS. The first-order chi connectivity index (χ1) is 16.7. The zero-order valence-electron chi connectivity index (χ0n) is 19.6. The third-order valence-corrected chi connectivity index (χ3v) is 7.64. The number of piperidine rings is 1. The first kappa shape index (κ1) is 22.6. The summed E-state index contributed by atoms with van der Waals surface area (Å²) >= 11 is 1.81. The largest absolute Gasteiger partial charge is 0.330 e. The molecule has 1 aliphatic rings. The summed E-state index contributed by atoms with van der Waals surface area (Å²) in [6.45, 7) is 5.81. The smallest absolute Gasteiger partial charge is 0.307 e. The van der Waals surface area contributed by atoms with Crippen LogP contribution in [0.25, 0.3) is 10.1 Å². The maximum Gasteiger partial charge on any atom is 0.330 e. The van der Waals surface area contributed by atoms with Crippen LogP contribution in [0.1, 0.15) is 37.7 Å². The molecule has 174 valence electrons. The van der Waals surface area contributed by atoms with Crippen molar-refractivity contribution >= 4 is 44.5 Å². The predicted molar refractivity (Wildman–Crippen MR) is 145 cm³/mol. The van der Waals surface area contributed by atoms with Gasteiger partial charge in [-0.05, 0) is 104 Å². The number of hydrogen-bond acceptors (Lipinski definition) is 3. The number of thiophene rings is 1. The van der Waals surface area contributed by atoms with Crippen molar-refractivity contribution in [2.75, 3.05) is 29.9 Å². The fourth-order valence-electron chi connectivity index (χ4n) is 4.94. The summed E-state index contributed by atoms with van der Waals surface area (Å²) in [5.74, 6) is 0.595. The predicted octanol–water partition coefficient (Wildman–Crippen LogP) is 7.86. The van der Waals surface area contributed by atoms with Gasteiger partial charge in [-0.1, -0.05) is 43.3 Å². The maximum absolute atomic E-state index is 13.5. The van der Waals surface area contributed by atoms with Crippen molar-refractivity contribution in [3.63, 3.8) is 0 Å². The summed E-state index contributed by atoms with van der Waals surface area (Å²) in [6.07, 6.45) is 3.63. The van der Waals surface area contributed by atoms with Crippen LogP contribution in [0.15, 0.2) is 84.2 Å². The van der Waals surface area contributed by atoms with Crippen LogP contribution in [0.4, 0.5) is 21.9 Å². The van der Waals surface area contributed by atoms with Gasteiger partial charge in [0.15, 0.2) is 0 Å². The van der Waals surface area contributed by atoms with E-state index in [4.69, 9.17) is 0 Å². The lowest BCUT2D eigenvalue weighted by Crippen LogP contribution is -2.33. The molecule has 0 radical (unpaired) electrons. The van der Waals surface area contributed by atoms with E-state index in [1.165, 1.54) is 54.5 Å². The standard InChI is InChI=1S/C29H31N3OS/c1-2-17-31-18-15-22(16-19-31)27-21-34-28-14-13-23(20-26(27)28)30-29(33)32(24-9-5-3-6-10-24)25-11-7-4-8-12-25/h3-14,20-22H,2,15-19H2,1H3,(H,30,33). The number of anilines is 3. The molecule has 1 fully saturated rings. The molecule has 0 spiro atoms. The van der Waals surface area contributed by atoms with Crippen LogP contribution in [-0.4, -0.2) is 30.6 Å². The third kappa shape index (κ3) is 4.86. The van der Waals surface area contributed by atoms with Crippen molar-refractivity contribution in [3.05, 3.63) is 89.8 Å². The van der Waals surface area contributed by atoms with E-state index in [9.17, 15) is 4.79 Å². The van der Waals surface area contributed by atoms with Gasteiger partial charge in [0.25, 0.3) is 0 Å². The molecule has 0 aliphatic carbocycles. The van der Waals surface area contributed by atoms with Crippen LogP contribution in [0, 0.1) is 0 Å². The van der Waals surface area contributed by atoms with Gasteiger partial charge in [-0.3, -0.25) is 4.90 Å². The molecule has 2 amide bonds. The zero-order chi connectivity index (χ0) is 23.3. The highest BCUT2D eigenvalue weighted by atomic mass is 32.1. The average molecular weight is 470 g/mol. The second-order valence-electron chi connectivity index (χ2n) is 8.95. The van der Waals surface area contributed by atoms with Crippen LogP contribution < -0.4 is 10.2 Å². The summed E-state index contributed by atoms with van der Waals surface area (Å²) in [7, 11) is 0. The van der Waals surface area contributed by atoms with Crippen LogP contribution >= 0.6 is 11.3 Å². The number of carbonyl (C=O) groups is 1. The minimum absolute atomic E-state index is 0.165. The number of benzene rings is 3. The molecule has 5 heteroatoms. The molecule has 4 nitrogen and oxygen atoms in total. The summed E-state index contributed by atoms with van der Waals surface area (Å²) in [4.78, 5) is 17.8. The number of hydrogen-bond donors (Lipinski definition) is 1. The first-order valence-electron chi connectivity index (χ1n) is 12.2. The number of rotatable bonds is 6. The molecule has 1 aromatic heterocycles. The molecule has 34 heavy (non-hydrogen) atoms. The lowest BCUT2D eigenvalue weighted by atomic mass is 9.89. The van der Waals surface area contributed by atoms with Gasteiger partial charge in [-0.15, -0.1) is 11.3 Å². The molecule has 0 saturated carbocycles. The molecule has 1 N–H and O–H groups in total. The Hall–Kier alpha value is -3.15. The first-order valence-corrected chi connectivity index (χ1v) is 13.1. The number of para-hydroxylation sites is 2. The van der Waals surface area contributed by atoms with Crippen molar-refractivity contribution in [2.45, 2.75) is 32.1 Å². The Bertz CT molecular complexity index is 1190. The molecule has 3 aromatic carbocycles. The molecular weight excluding hydrogens is 438 g/mol. The molecule has 1 saturated heterocycles. The SMILES string of the molecule is CCCN1CCC(c2csc3ccc(NC(=O)N(c4ccccc4)c4ccccc4)cc23)CC1. The van der Waals surface area contributed by atoms with Gasteiger partial charge in [0.1, 0.15) is 0 Å². The minimum atomic E-state index is -0.165. The van der Waals surface area contributed by atoms with E-state index in [0.717, 1.165) is 17.1 Å². The van der Waals surface area contributed by atoms with E-state index in [1.54, 1.807) is 4.90 Å². The Balaban J connectivity index is 1.39. The number of fused-ring (bicyclic) bond motifs is 1. The van der Waals surface area contributed by atoms with Gasteiger partial charge in [0, 0.05) is 10.4 Å². The second kappa shape index (κ2) is 10.4. The van der Waals surface area contributed by atoms with Gasteiger partial charge in [0.2, 0.25) is 0 Å². The highest BCUT2D eigenvalue weighted by molar-refractivity contribution is 7.17. The van der Waals surface area contributed by atoms with Crippen molar-refractivity contribution in [2.24, 2.45) is 0 Å². The van der Waals surface area contributed by atoms with E-state index in [0.29, 0.717) is 5.92 Å². The molecule has 0 unspecified atom stereocenters. The van der Waals surface area contributed by atoms with Crippen LogP contribution in [0.2, 0.25) is 0 Å². The summed E-state index contributed by atoms with van der Waals surface area (Å²) in [6, 6.07) is 25.7. The Labute approximate surface area is 205 Å². The number of amides is 2. The third-order valence-electron chi connectivity index (χ3n) is 6.65. The highest BCUT2D eigenvalue weighted by Crippen LogP contribution is 2.38. The summed E-state index contributed by atoms with van der Waals surface area (Å²) in [5, 5.41) is 6.77.